The quantitative estimate of drug-likeness (QED) is 0.280. The van der Waals surface area contributed by atoms with Crippen molar-refractivity contribution < 1.29 is 15.0 Å². The predicted molar refractivity (Wildman–Crippen MR) is 144 cm³/mol. The Labute approximate surface area is 208 Å². The standard InChI is InChI=1S/C29H25N3O4/c1-18-26(28(35)32(17-25(33)34)29(36)27(18)30-2)22-15-20-7-5-6-8-24(20)21(16-22)12-9-19-10-13-23(14-11-19)31(3)4/h5-16,36H,17H2,1,3-4H3,(H,33,34)/b12-9+. The van der Waals surface area contributed by atoms with Crippen LogP contribution < -0.4 is 10.5 Å². The highest BCUT2D eigenvalue weighted by Gasteiger charge is 2.22. The number of nitrogens with zero attached hydrogens (tertiary/aromatic N) is 3. The summed E-state index contributed by atoms with van der Waals surface area (Å²) in [5.74, 6) is -1.93. The fourth-order valence-corrected chi connectivity index (χ4v) is 4.25. The Morgan fingerprint density at radius 3 is 2.42 bits per heavy atom. The van der Waals surface area contributed by atoms with Crippen molar-refractivity contribution in [2.75, 3.05) is 19.0 Å². The van der Waals surface area contributed by atoms with Gasteiger partial charge >= 0.3 is 5.97 Å². The summed E-state index contributed by atoms with van der Waals surface area (Å²) in [4.78, 5) is 30.1. The summed E-state index contributed by atoms with van der Waals surface area (Å²) in [5, 5.41) is 21.6. The molecule has 180 valence electrons. The van der Waals surface area contributed by atoms with E-state index in [1.165, 1.54) is 0 Å². The third-order valence-electron chi connectivity index (χ3n) is 6.11. The first-order chi connectivity index (χ1) is 17.2. The maximum atomic E-state index is 13.3. The minimum absolute atomic E-state index is 0.142. The van der Waals surface area contributed by atoms with Crippen LogP contribution in [0.1, 0.15) is 16.7 Å². The Hall–Kier alpha value is -4.83. The van der Waals surface area contributed by atoms with Crippen molar-refractivity contribution in [3.8, 4) is 17.0 Å². The number of carboxylic acids is 1. The van der Waals surface area contributed by atoms with Gasteiger partial charge in [-0.2, -0.15) is 0 Å². The monoisotopic (exact) mass is 479 g/mol. The van der Waals surface area contributed by atoms with E-state index in [1.807, 2.05) is 91.8 Å². The van der Waals surface area contributed by atoms with Crippen LogP contribution in [0.4, 0.5) is 11.4 Å². The summed E-state index contributed by atoms with van der Waals surface area (Å²) >= 11 is 0. The van der Waals surface area contributed by atoms with Gasteiger partial charge in [-0.15, -0.1) is 0 Å². The zero-order chi connectivity index (χ0) is 26.0. The maximum absolute atomic E-state index is 13.3. The molecule has 0 aliphatic rings. The van der Waals surface area contributed by atoms with Crippen molar-refractivity contribution in [2.45, 2.75) is 13.5 Å². The van der Waals surface area contributed by atoms with Gasteiger partial charge in [-0.3, -0.25) is 14.2 Å². The molecular weight excluding hydrogens is 454 g/mol. The number of aromatic hydroxyl groups is 1. The molecule has 2 N–H and O–H groups in total. The smallest absolute Gasteiger partial charge is 0.323 e. The van der Waals surface area contributed by atoms with Crippen molar-refractivity contribution in [1.29, 1.82) is 0 Å². The van der Waals surface area contributed by atoms with E-state index < -0.39 is 24.0 Å². The van der Waals surface area contributed by atoms with Gasteiger partial charge in [0.25, 0.3) is 5.56 Å². The number of hydrogen-bond donors (Lipinski definition) is 2. The van der Waals surface area contributed by atoms with E-state index in [1.54, 1.807) is 6.92 Å². The number of carbonyl (C=O) groups is 1. The number of hydrogen-bond acceptors (Lipinski definition) is 4. The van der Waals surface area contributed by atoms with E-state index in [9.17, 15) is 19.8 Å². The molecule has 0 spiro atoms. The second kappa shape index (κ2) is 9.80. The minimum Gasteiger partial charge on any atom is -0.503 e. The highest BCUT2D eigenvalue weighted by molar-refractivity contribution is 5.97. The lowest BCUT2D eigenvalue weighted by atomic mass is 9.94. The number of anilines is 1. The van der Waals surface area contributed by atoms with Gasteiger partial charge in [-0.1, -0.05) is 48.6 Å². The number of carboxylic acid groups (broad SMARTS) is 1. The van der Waals surface area contributed by atoms with E-state index in [2.05, 4.69) is 4.85 Å². The largest absolute Gasteiger partial charge is 0.503 e. The highest BCUT2D eigenvalue weighted by atomic mass is 16.4. The Balaban J connectivity index is 1.92. The normalized spacial score (nSPS) is 11.1. The minimum atomic E-state index is -1.29. The van der Waals surface area contributed by atoms with Crippen LogP contribution in [0.2, 0.25) is 0 Å². The third-order valence-corrected chi connectivity index (χ3v) is 6.11. The van der Waals surface area contributed by atoms with E-state index in [4.69, 9.17) is 6.57 Å². The van der Waals surface area contributed by atoms with Crippen LogP contribution in [0.3, 0.4) is 0 Å². The van der Waals surface area contributed by atoms with Crippen molar-refractivity contribution in [3.05, 3.63) is 99.1 Å². The molecule has 0 amide bonds. The van der Waals surface area contributed by atoms with Gasteiger partial charge in [0, 0.05) is 25.3 Å². The first-order valence-corrected chi connectivity index (χ1v) is 11.3. The number of aliphatic carboxylic acids is 1. The maximum Gasteiger partial charge on any atom is 0.323 e. The molecule has 0 aliphatic heterocycles. The molecule has 0 fully saturated rings. The molecule has 1 aromatic heterocycles. The van der Waals surface area contributed by atoms with Crippen LogP contribution in [-0.4, -0.2) is 34.8 Å². The first-order valence-electron chi connectivity index (χ1n) is 11.3. The van der Waals surface area contributed by atoms with Crippen LogP contribution in [0.15, 0.2) is 65.5 Å². The van der Waals surface area contributed by atoms with Crippen LogP contribution in [-0.2, 0) is 11.3 Å². The molecule has 1 heterocycles. The molecule has 36 heavy (non-hydrogen) atoms. The summed E-state index contributed by atoms with van der Waals surface area (Å²) in [6, 6.07) is 19.6. The summed E-state index contributed by atoms with van der Waals surface area (Å²) in [5.41, 5.74) is 3.20. The molecule has 4 aromatic rings. The molecule has 0 saturated heterocycles. The van der Waals surface area contributed by atoms with Crippen molar-refractivity contribution in [3.63, 3.8) is 0 Å². The fraction of sp³-hybridized carbons (Fsp3) is 0.138. The van der Waals surface area contributed by atoms with Gasteiger partial charge in [0.1, 0.15) is 6.54 Å². The van der Waals surface area contributed by atoms with Crippen molar-refractivity contribution >= 4 is 40.3 Å². The number of pyridine rings is 1. The van der Waals surface area contributed by atoms with E-state index in [-0.39, 0.29) is 11.3 Å². The molecule has 0 unspecified atom stereocenters. The van der Waals surface area contributed by atoms with Crippen LogP contribution >= 0.6 is 0 Å². The van der Waals surface area contributed by atoms with Crippen molar-refractivity contribution in [2.24, 2.45) is 0 Å². The molecule has 0 radical (unpaired) electrons. The second-order valence-corrected chi connectivity index (χ2v) is 8.67. The second-order valence-electron chi connectivity index (χ2n) is 8.67. The van der Waals surface area contributed by atoms with Gasteiger partial charge in [-0.25, -0.2) is 4.85 Å². The van der Waals surface area contributed by atoms with Gasteiger partial charge in [0.05, 0.1) is 6.57 Å². The Morgan fingerprint density at radius 1 is 1.08 bits per heavy atom. The van der Waals surface area contributed by atoms with Crippen LogP contribution in [0.25, 0.3) is 38.9 Å². The summed E-state index contributed by atoms with van der Waals surface area (Å²) in [6.07, 6.45) is 3.96. The SMILES string of the molecule is [C-]#[N+]c1c(C)c(-c2cc(/C=C/c3ccc(N(C)C)cc3)c3ccccc3c2)c(=O)n(CC(=O)O)c1O. The van der Waals surface area contributed by atoms with Gasteiger partial charge in [-0.05, 0) is 64.2 Å². The molecule has 7 nitrogen and oxygen atoms in total. The van der Waals surface area contributed by atoms with Crippen LogP contribution in [0.5, 0.6) is 5.88 Å². The summed E-state index contributed by atoms with van der Waals surface area (Å²) in [6.45, 7) is 8.34. The first kappa shape index (κ1) is 24.3. The molecule has 0 aliphatic carbocycles. The molecule has 3 aromatic carbocycles. The van der Waals surface area contributed by atoms with Crippen molar-refractivity contribution in [1.82, 2.24) is 4.57 Å². The topological polar surface area (TPSA) is 87.1 Å². The average molecular weight is 480 g/mol. The Bertz CT molecular complexity index is 1610. The van der Waals surface area contributed by atoms with E-state index in [0.29, 0.717) is 11.1 Å². The molecular formula is C29H25N3O4. The van der Waals surface area contributed by atoms with E-state index in [0.717, 1.165) is 32.2 Å². The lowest BCUT2D eigenvalue weighted by molar-refractivity contribution is -0.137. The number of benzene rings is 3. The fourth-order valence-electron chi connectivity index (χ4n) is 4.25. The number of aromatic nitrogens is 1. The van der Waals surface area contributed by atoms with Gasteiger partial charge in [0.2, 0.25) is 5.69 Å². The lowest BCUT2D eigenvalue weighted by Gasteiger charge is -2.16. The predicted octanol–water partition coefficient (Wildman–Crippen LogP) is 5.55. The molecule has 7 heteroatoms. The molecule has 0 bridgehead atoms. The molecule has 4 rings (SSSR count). The Morgan fingerprint density at radius 2 is 1.78 bits per heavy atom. The van der Waals surface area contributed by atoms with Gasteiger partial charge in [0.15, 0.2) is 5.88 Å². The number of fused-ring (bicyclic) bond motifs is 1. The number of rotatable bonds is 6. The zero-order valence-electron chi connectivity index (χ0n) is 20.2. The zero-order valence-corrected chi connectivity index (χ0v) is 20.2. The third kappa shape index (κ3) is 4.57. The van der Waals surface area contributed by atoms with Gasteiger partial charge < -0.3 is 15.1 Å². The lowest BCUT2D eigenvalue weighted by Crippen LogP contribution is -2.26. The average Bonchev–Trinajstić information content (AvgIpc) is 2.85. The highest BCUT2D eigenvalue weighted by Crippen LogP contribution is 2.36. The summed E-state index contributed by atoms with van der Waals surface area (Å²) in [7, 11) is 3.97. The molecule has 0 saturated carbocycles. The van der Waals surface area contributed by atoms with Crippen LogP contribution in [0, 0.1) is 13.5 Å². The Kier molecular flexibility index (Phi) is 6.62. The summed E-state index contributed by atoms with van der Waals surface area (Å²) < 4.78 is 0.731. The van der Waals surface area contributed by atoms with E-state index >= 15 is 0 Å². The molecule has 0 atom stereocenters.